The third-order valence-electron chi connectivity index (χ3n) is 7.15. The van der Waals surface area contributed by atoms with Crippen LogP contribution in [0.15, 0.2) is 97.1 Å². The molecule has 1 aliphatic heterocycles. The molecule has 6 rings (SSSR count). The molecule has 0 aromatic heterocycles. The Morgan fingerprint density at radius 3 is 2.70 bits per heavy atom. The summed E-state index contributed by atoms with van der Waals surface area (Å²) in [5.41, 5.74) is 6.33. The van der Waals surface area contributed by atoms with Gasteiger partial charge in [-0.15, -0.1) is 0 Å². The Labute approximate surface area is 194 Å². The first kappa shape index (κ1) is 19.8. The number of aryl methyl sites for hydroxylation is 1. The number of carbonyl (C=O) groups is 1. The zero-order valence-corrected chi connectivity index (χ0v) is 18.6. The van der Waals surface area contributed by atoms with Crippen LogP contribution in [0.4, 0.5) is 11.4 Å². The van der Waals surface area contributed by atoms with Crippen molar-refractivity contribution in [3.8, 4) is 0 Å². The van der Waals surface area contributed by atoms with Gasteiger partial charge in [-0.25, -0.2) is 0 Å². The molecule has 2 N–H and O–H groups in total. The van der Waals surface area contributed by atoms with Crippen LogP contribution in [0.1, 0.15) is 45.4 Å². The highest BCUT2D eigenvalue weighted by atomic mass is 16.1. The van der Waals surface area contributed by atoms with Crippen LogP contribution in [0.2, 0.25) is 0 Å². The Kier molecular flexibility index (Phi) is 4.76. The average molecular weight is 431 g/mol. The largest absolute Gasteiger partial charge is 0.378 e. The van der Waals surface area contributed by atoms with Crippen molar-refractivity contribution in [1.82, 2.24) is 0 Å². The molecule has 33 heavy (non-hydrogen) atoms. The zero-order chi connectivity index (χ0) is 22.4. The monoisotopic (exact) mass is 430 g/mol. The summed E-state index contributed by atoms with van der Waals surface area (Å²) in [5.74, 6) is 0.771. The third kappa shape index (κ3) is 3.41. The predicted octanol–water partition coefficient (Wildman–Crippen LogP) is 7.23. The van der Waals surface area contributed by atoms with Crippen molar-refractivity contribution in [3.63, 3.8) is 0 Å². The summed E-state index contributed by atoms with van der Waals surface area (Å²) in [6.45, 7) is 1.96. The number of fused-ring (bicyclic) bond motifs is 5. The van der Waals surface area contributed by atoms with E-state index in [-0.39, 0.29) is 11.9 Å². The Morgan fingerprint density at radius 1 is 0.939 bits per heavy atom. The molecule has 1 heterocycles. The fourth-order valence-electron chi connectivity index (χ4n) is 5.55. The molecule has 1 amide bonds. The van der Waals surface area contributed by atoms with E-state index in [1.807, 2.05) is 43.3 Å². The second kappa shape index (κ2) is 7.93. The normalized spacial score (nSPS) is 20.7. The molecular formula is C30H26N2O. The maximum Gasteiger partial charge on any atom is 0.255 e. The Hall–Kier alpha value is -3.85. The van der Waals surface area contributed by atoms with E-state index < -0.39 is 0 Å². The number of nitrogens with one attached hydrogen (secondary N) is 2. The van der Waals surface area contributed by atoms with E-state index in [0.717, 1.165) is 17.7 Å². The first-order chi connectivity index (χ1) is 16.2. The maximum absolute atomic E-state index is 12.9. The second-order valence-electron chi connectivity index (χ2n) is 9.12. The Morgan fingerprint density at radius 2 is 1.79 bits per heavy atom. The van der Waals surface area contributed by atoms with Crippen LogP contribution in [0.25, 0.3) is 10.8 Å². The molecular weight excluding hydrogens is 404 g/mol. The van der Waals surface area contributed by atoms with Crippen molar-refractivity contribution in [2.75, 3.05) is 10.6 Å². The molecule has 1 aliphatic carbocycles. The second-order valence-corrected chi connectivity index (χ2v) is 9.12. The number of hydrogen-bond donors (Lipinski definition) is 2. The van der Waals surface area contributed by atoms with Gasteiger partial charge in [-0.05, 0) is 71.0 Å². The number of allylic oxidation sites excluding steroid dienone is 2. The van der Waals surface area contributed by atoms with Crippen molar-refractivity contribution >= 4 is 28.1 Å². The summed E-state index contributed by atoms with van der Waals surface area (Å²) in [5, 5.41) is 9.57. The van der Waals surface area contributed by atoms with E-state index in [0.29, 0.717) is 17.4 Å². The van der Waals surface area contributed by atoms with Crippen LogP contribution < -0.4 is 10.6 Å². The highest BCUT2D eigenvalue weighted by Crippen LogP contribution is 2.51. The van der Waals surface area contributed by atoms with Crippen LogP contribution >= 0.6 is 0 Å². The number of amides is 1. The molecule has 0 spiro atoms. The van der Waals surface area contributed by atoms with Crippen molar-refractivity contribution in [2.45, 2.75) is 25.3 Å². The summed E-state index contributed by atoms with van der Waals surface area (Å²) in [4.78, 5) is 12.9. The quantitative estimate of drug-likeness (QED) is 0.337. The molecule has 3 heteroatoms. The lowest BCUT2D eigenvalue weighted by Gasteiger charge is -2.38. The molecule has 3 atom stereocenters. The van der Waals surface area contributed by atoms with Crippen molar-refractivity contribution < 1.29 is 4.79 Å². The summed E-state index contributed by atoms with van der Waals surface area (Å²) in [7, 11) is 0. The number of carbonyl (C=O) groups excluding carboxylic acids is 1. The van der Waals surface area contributed by atoms with Gasteiger partial charge < -0.3 is 10.6 Å². The molecule has 4 aromatic carbocycles. The molecule has 0 saturated heterocycles. The first-order valence-corrected chi connectivity index (χ1v) is 11.6. The topological polar surface area (TPSA) is 41.1 Å². The Balaban J connectivity index is 1.34. The molecule has 4 aromatic rings. The average Bonchev–Trinajstić information content (AvgIpc) is 3.33. The summed E-state index contributed by atoms with van der Waals surface area (Å²) < 4.78 is 0. The molecule has 0 saturated carbocycles. The van der Waals surface area contributed by atoms with Gasteiger partial charge in [-0.2, -0.15) is 0 Å². The van der Waals surface area contributed by atoms with Gasteiger partial charge in [0.1, 0.15) is 0 Å². The van der Waals surface area contributed by atoms with Gasteiger partial charge in [0.15, 0.2) is 0 Å². The standard InChI is InChI=1S/C30H26N2O/c1-19-8-2-4-12-23(19)30(33)31-22-11-6-10-21(18-22)29-26-15-7-14-25(26)28-24-13-5-3-9-20(24)16-17-27(28)32-29/h2-14,16-18,25-26,29,32H,15H2,1H3,(H,31,33). The minimum atomic E-state index is -0.0703. The predicted molar refractivity (Wildman–Crippen MR) is 136 cm³/mol. The van der Waals surface area contributed by atoms with Crippen LogP contribution in [-0.2, 0) is 0 Å². The fourth-order valence-corrected chi connectivity index (χ4v) is 5.55. The minimum absolute atomic E-state index is 0.0703. The minimum Gasteiger partial charge on any atom is -0.378 e. The number of benzene rings is 4. The van der Waals surface area contributed by atoms with Gasteiger partial charge in [-0.1, -0.05) is 72.8 Å². The van der Waals surface area contributed by atoms with E-state index in [9.17, 15) is 4.79 Å². The fraction of sp³-hybridized carbons (Fsp3) is 0.167. The lowest BCUT2D eigenvalue weighted by atomic mass is 9.75. The lowest BCUT2D eigenvalue weighted by molar-refractivity contribution is 0.102. The summed E-state index contributed by atoms with van der Waals surface area (Å²) in [6, 6.07) is 29.3. The molecule has 0 bridgehead atoms. The van der Waals surface area contributed by atoms with Gasteiger partial charge >= 0.3 is 0 Å². The molecule has 3 unspecified atom stereocenters. The van der Waals surface area contributed by atoms with E-state index in [4.69, 9.17) is 0 Å². The molecule has 0 radical (unpaired) electrons. The molecule has 2 aliphatic rings. The van der Waals surface area contributed by atoms with Crippen molar-refractivity contribution in [2.24, 2.45) is 5.92 Å². The van der Waals surface area contributed by atoms with Gasteiger partial charge in [0, 0.05) is 22.9 Å². The van der Waals surface area contributed by atoms with Crippen LogP contribution in [-0.4, -0.2) is 5.91 Å². The van der Waals surface area contributed by atoms with Crippen LogP contribution in [0.3, 0.4) is 0 Å². The highest BCUT2D eigenvalue weighted by molar-refractivity contribution is 6.05. The number of hydrogen-bond acceptors (Lipinski definition) is 2. The SMILES string of the molecule is Cc1ccccc1C(=O)Nc1cccc(C2Nc3ccc4ccccc4c3C3C=CCC32)c1. The third-order valence-corrected chi connectivity index (χ3v) is 7.15. The van der Waals surface area contributed by atoms with Gasteiger partial charge in [0.2, 0.25) is 0 Å². The van der Waals surface area contributed by atoms with Gasteiger partial charge in [0.05, 0.1) is 6.04 Å². The molecule has 3 nitrogen and oxygen atoms in total. The maximum atomic E-state index is 12.9. The first-order valence-electron chi connectivity index (χ1n) is 11.6. The molecule has 0 fully saturated rings. The van der Waals surface area contributed by atoms with Crippen molar-refractivity contribution in [1.29, 1.82) is 0 Å². The number of anilines is 2. The lowest BCUT2D eigenvalue weighted by Crippen LogP contribution is -2.29. The highest BCUT2D eigenvalue weighted by Gasteiger charge is 2.38. The van der Waals surface area contributed by atoms with Gasteiger partial charge in [-0.3, -0.25) is 4.79 Å². The van der Waals surface area contributed by atoms with Crippen molar-refractivity contribution in [3.05, 3.63) is 119 Å². The van der Waals surface area contributed by atoms with E-state index in [2.05, 4.69) is 71.3 Å². The van der Waals surface area contributed by atoms with E-state index in [1.54, 1.807) is 0 Å². The Bertz CT molecular complexity index is 1400. The van der Waals surface area contributed by atoms with Crippen LogP contribution in [0.5, 0.6) is 0 Å². The molecule has 162 valence electrons. The summed E-state index contributed by atoms with van der Waals surface area (Å²) in [6.07, 6.45) is 5.75. The van der Waals surface area contributed by atoms with E-state index in [1.165, 1.54) is 27.6 Å². The number of rotatable bonds is 3. The smallest absolute Gasteiger partial charge is 0.255 e. The van der Waals surface area contributed by atoms with Gasteiger partial charge in [0.25, 0.3) is 5.91 Å². The summed E-state index contributed by atoms with van der Waals surface area (Å²) >= 11 is 0. The zero-order valence-electron chi connectivity index (χ0n) is 18.6. The van der Waals surface area contributed by atoms with E-state index >= 15 is 0 Å². The van der Waals surface area contributed by atoms with Crippen LogP contribution in [0, 0.1) is 12.8 Å².